The number of aromatic nitrogens is 2. The molecule has 1 aromatic carbocycles. The monoisotopic (exact) mass is 379 g/mol. The first-order valence-electron chi connectivity index (χ1n) is 8.44. The lowest BCUT2D eigenvalue weighted by Crippen LogP contribution is -2.22. The zero-order valence-corrected chi connectivity index (χ0v) is 15.6. The Kier molecular flexibility index (Phi) is 8.63. The number of nitrogens with zero attached hydrogens (tertiary/aromatic N) is 2. The van der Waals surface area contributed by atoms with E-state index in [1.54, 1.807) is 24.5 Å². The highest BCUT2D eigenvalue weighted by Gasteiger charge is 2.12. The normalized spacial score (nSPS) is 13.5. The van der Waals surface area contributed by atoms with Crippen LogP contribution in [0.4, 0.5) is 0 Å². The molecular weight excluding hydrogens is 354 g/mol. The van der Waals surface area contributed by atoms with E-state index in [2.05, 4.69) is 15.3 Å². The van der Waals surface area contributed by atoms with Gasteiger partial charge in [0.25, 0.3) is 0 Å². The van der Waals surface area contributed by atoms with Crippen LogP contribution in [0.2, 0.25) is 0 Å². The van der Waals surface area contributed by atoms with Crippen LogP contribution in [0.1, 0.15) is 30.1 Å². The first-order chi connectivity index (χ1) is 12.6. The summed E-state index contributed by atoms with van der Waals surface area (Å²) in [6, 6.07) is 4.68. The topological polar surface area (TPSA) is 105 Å². The van der Waals surface area contributed by atoms with Crippen LogP contribution in [-0.4, -0.2) is 50.3 Å². The minimum Gasteiger partial charge on any atom is -0.507 e. The zero-order chi connectivity index (χ0) is 18.8. The molecule has 0 bridgehead atoms. The highest BCUT2D eigenvalue weighted by atomic mass is 32.2. The van der Waals surface area contributed by atoms with Crippen LogP contribution in [0, 0.1) is 0 Å². The van der Waals surface area contributed by atoms with Gasteiger partial charge in [0.15, 0.2) is 0 Å². The Labute approximate surface area is 155 Å². The second kappa shape index (κ2) is 11.0. The summed E-state index contributed by atoms with van der Waals surface area (Å²) >= 11 is 0. The Morgan fingerprint density at radius 2 is 2.04 bits per heavy atom. The number of phenols is 1. The molecule has 0 radical (unpaired) electrons. The van der Waals surface area contributed by atoms with E-state index in [0.29, 0.717) is 30.2 Å². The molecule has 0 spiro atoms. The summed E-state index contributed by atoms with van der Waals surface area (Å²) in [5.74, 6) is -0.0168. The first kappa shape index (κ1) is 20.4. The molecule has 0 amide bonds. The van der Waals surface area contributed by atoms with Gasteiger partial charge >= 0.3 is 0 Å². The molecule has 2 atom stereocenters. The zero-order valence-electron chi connectivity index (χ0n) is 14.8. The van der Waals surface area contributed by atoms with Crippen molar-refractivity contribution in [3.63, 3.8) is 0 Å². The quantitative estimate of drug-likeness (QED) is 0.509. The Balaban J connectivity index is 1.59. The average Bonchev–Trinajstić information content (AvgIpc) is 2.64. The maximum Gasteiger partial charge on any atom is 0.131 e. The second-order valence-electron chi connectivity index (χ2n) is 5.91. The van der Waals surface area contributed by atoms with Gasteiger partial charge in [-0.1, -0.05) is 6.07 Å². The summed E-state index contributed by atoms with van der Waals surface area (Å²) in [7, 11) is -1.30. The standard InChI is InChI=1S/C18H25N3O4S/c1-26(24)18-8-15(4-5-16(18)22)17(23)11-19-6-2-3-7-25-12-14-9-20-13-21-10-14/h4-5,8-10,13,17,19,22-23H,2-3,6-7,11-12H2,1H3. The molecule has 0 aliphatic carbocycles. The Hall–Kier alpha value is -1.87. The molecule has 0 saturated carbocycles. The van der Waals surface area contributed by atoms with Crippen LogP contribution in [0.25, 0.3) is 0 Å². The maximum atomic E-state index is 11.6. The van der Waals surface area contributed by atoms with Crippen LogP contribution < -0.4 is 5.32 Å². The van der Waals surface area contributed by atoms with Crippen molar-refractivity contribution in [2.45, 2.75) is 30.4 Å². The third-order valence-electron chi connectivity index (χ3n) is 3.79. The van der Waals surface area contributed by atoms with Crippen LogP contribution in [0.3, 0.4) is 0 Å². The summed E-state index contributed by atoms with van der Waals surface area (Å²) in [5, 5.41) is 23.1. The lowest BCUT2D eigenvalue weighted by Gasteiger charge is -2.13. The van der Waals surface area contributed by atoms with Crippen LogP contribution in [-0.2, 0) is 22.1 Å². The summed E-state index contributed by atoms with van der Waals surface area (Å²) in [4.78, 5) is 8.20. The second-order valence-corrected chi connectivity index (χ2v) is 7.26. The number of hydrogen-bond acceptors (Lipinski definition) is 7. The highest BCUT2D eigenvalue weighted by molar-refractivity contribution is 7.84. The van der Waals surface area contributed by atoms with Gasteiger partial charge in [-0.3, -0.25) is 4.21 Å². The van der Waals surface area contributed by atoms with Crippen molar-refractivity contribution in [1.29, 1.82) is 0 Å². The van der Waals surface area contributed by atoms with Crippen molar-refractivity contribution in [3.8, 4) is 5.75 Å². The molecule has 2 aromatic rings. The number of rotatable bonds is 11. The van der Waals surface area contributed by atoms with Crippen molar-refractivity contribution < 1.29 is 19.2 Å². The molecular formula is C18H25N3O4S. The van der Waals surface area contributed by atoms with Gasteiger partial charge < -0.3 is 20.3 Å². The third kappa shape index (κ3) is 6.80. The molecule has 7 nitrogen and oxygen atoms in total. The van der Waals surface area contributed by atoms with Gasteiger partial charge in [0.05, 0.1) is 28.4 Å². The molecule has 0 saturated heterocycles. The minimum atomic E-state index is -1.30. The lowest BCUT2D eigenvalue weighted by molar-refractivity contribution is 0.116. The van der Waals surface area contributed by atoms with Crippen LogP contribution in [0.5, 0.6) is 5.75 Å². The molecule has 3 N–H and O–H groups in total. The van der Waals surface area contributed by atoms with E-state index in [1.807, 2.05) is 0 Å². The van der Waals surface area contributed by atoms with E-state index >= 15 is 0 Å². The van der Waals surface area contributed by atoms with E-state index in [4.69, 9.17) is 4.74 Å². The van der Waals surface area contributed by atoms with Gasteiger partial charge in [0.2, 0.25) is 0 Å². The summed E-state index contributed by atoms with van der Waals surface area (Å²) in [5.41, 5.74) is 1.59. The van der Waals surface area contributed by atoms with Gasteiger partial charge in [0, 0.05) is 37.4 Å². The van der Waals surface area contributed by atoms with E-state index < -0.39 is 16.9 Å². The van der Waals surface area contributed by atoms with Crippen molar-refractivity contribution >= 4 is 10.8 Å². The fraction of sp³-hybridized carbons (Fsp3) is 0.444. The predicted octanol–water partition coefficient (Wildman–Crippen LogP) is 1.54. The highest BCUT2D eigenvalue weighted by Crippen LogP contribution is 2.24. The van der Waals surface area contributed by atoms with Crippen molar-refractivity contribution in [3.05, 3.63) is 48.0 Å². The minimum absolute atomic E-state index is 0.0168. The number of aliphatic hydroxyl groups is 1. The van der Waals surface area contributed by atoms with E-state index in [-0.39, 0.29) is 5.75 Å². The maximum absolute atomic E-state index is 11.6. The Morgan fingerprint density at radius 3 is 2.77 bits per heavy atom. The van der Waals surface area contributed by atoms with Gasteiger partial charge in [-0.2, -0.15) is 0 Å². The summed E-state index contributed by atoms with van der Waals surface area (Å²) in [6.45, 7) is 2.32. The summed E-state index contributed by atoms with van der Waals surface area (Å²) in [6.07, 6.45) is 7.58. The molecule has 2 unspecified atom stereocenters. The number of ether oxygens (including phenoxy) is 1. The van der Waals surface area contributed by atoms with E-state index in [9.17, 15) is 14.4 Å². The molecule has 0 fully saturated rings. The SMILES string of the molecule is CS(=O)c1cc(C(O)CNCCCCOCc2cncnc2)ccc1O. The molecule has 1 aromatic heterocycles. The summed E-state index contributed by atoms with van der Waals surface area (Å²) < 4.78 is 17.1. The number of unbranched alkanes of at least 4 members (excludes halogenated alkanes) is 1. The van der Waals surface area contributed by atoms with Gasteiger partial charge in [-0.05, 0) is 37.1 Å². The van der Waals surface area contributed by atoms with Crippen molar-refractivity contribution in [2.24, 2.45) is 0 Å². The third-order valence-corrected chi connectivity index (χ3v) is 4.74. The molecule has 26 heavy (non-hydrogen) atoms. The fourth-order valence-corrected chi connectivity index (χ4v) is 3.04. The number of aliphatic hydroxyl groups excluding tert-OH is 1. The smallest absolute Gasteiger partial charge is 0.131 e. The van der Waals surface area contributed by atoms with Crippen molar-refractivity contribution in [1.82, 2.24) is 15.3 Å². The number of phenolic OH excluding ortho intramolecular Hbond substituents is 1. The molecule has 142 valence electrons. The lowest BCUT2D eigenvalue weighted by atomic mass is 10.1. The predicted molar refractivity (Wildman–Crippen MR) is 99.2 cm³/mol. The largest absolute Gasteiger partial charge is 0.507 e. The Morgan fingerprint density at radius 1 is 1.27 bits per heavy atom. The number of hydrogen-bond donors (Lipinski definition) is 3. The molecule has 0 aliphatic heterocycles. The Bertz CT molecular complexity index is 700. The average molecular weight is 379 g/mol. The molecule has 0 aliphatic rings. The number of aromatic hydroxyl groups is 1. The number of benzene rings is 1. The van der Waals surface area contributed by atoms with Gasteiger partial charge in [-0.15, -0.1) is 0 Å². The van der Waals surface area contributed by atoms with Crippen molar-refractivity contribution in [2.75, 3.05) is 26.0 Å². The van der Waals surface area contributed by atoms with Crippen LogP contribution >= 0.6 is 0 Å². The molecule has 1 heterocycles. The fourth-order valence-electron chi connectivity index (χ4n) is 2.37. The van der Waals surface area contributed by atoms with Crippen LogP contribution in [0.15, 0.2) is 41.8 Å². The van der Waals surface area contributed by atoms with E-state index in [0.717, 1.165) is 24.9 Å². The number of nitrogens with one attached hydrogen (secondary N) is 1. The molecule has 2 rings (SSSR count). The van der Waals surface area contributed by atoms with E-state index in [1.165, 1.54) is 18.6 Å². The van der Waals surface area contributed by atoms with Gasteiger partial charge in [-0.25, -0.2) is 9.97 Å². The van der Waals surface area contributed by atoms with Gasteiger partial charge in [0.1, 0.15) is 12.1 Å². The molecule has 8 heteroatoms. The first-order valence-corrected chi connectivity index (χ1v) is 10.0.